The predicted molar refractivity (Wildman–Crippen MR) is 142 cm³/mol. The number of ketones is 1. The molecule has 1 spiro atoms. The molecule has 3 fully saturated rings. The lowest BCUT2D eigenvalue weighted by Crippen LogP contribution is -2.59. The number of fused-ring (bicyclic) bond motifs is 2. The van der Waals surface area contributed by atoms with Crippen molar-refractivity contribution >= 4 is 35.1 Å². The second-order valence-electron chi connectivity index (χ2n) is 11.8. The Morgan fingerprint density at radius 2 is 2.03 bits per heavy atom. The number of Topliss-reactive ketones (excluding diaryl/α,β-unsaturated/α-hetero) is 1. The van der Waals surface area contributed by atoms with E-state index in [0.29, 0.717) is 25.7 Å². The molecular weight excluding hydrogens is 522 g/mol. The highest BCUT2D eigenvalue weighted by Crippen LogP contribution is 2.52. The van der Waals surface area contributed by atoms with E-state index in [1.165, 1.54) is 17.4 Å². The molecule has 2 N–H and O–H groups in total. The third-order valence-electron chi connectivity index (χ3n) is 9.27. The molecule has 1 saturated carbocycles. The van der Waals surface area contributed by atoms with Crippen LogP contribution in [0.4, 0.5) is 0 Å². The fourth-order valence-electron chi connectivity index (χ4n) is 6.78. The van der Waals surface area contributed by atoms with Crippen molar-refractivity contribution in [3.8, 4) is 0 Å². The zero-order chi connectivity index (χ0) is 28.1. The molecule has 4 heterocycles. The van der Waals surface area contributed by atoms with Gasteiger partial charge in [-0.25, -0.2) is 9.78 Å². The lowest BCUT2D eigenvalue weighted by molar-refractivity contribution is -0.168. The number of aliphatic hydroxyl groups is 2. The molecule has 4 aliphatic rings. The van der Waals surface area contributed by atoms with Crippen LogP contribution in [-0.2, 0) is 28.6 Å². The van der Waals surface area contributed by atoms with Crippen molar-refractivity contribution in [2.24, 2.45) is 23.2 Å². The summed E-state index contributed by atoms with van der Waals surface area (Å²) in [5.41, 5.74) is -0.579. The minimum Gasteiger partial charge on any atom is -0.459 e. The number of allylic oxidation sites excluding steroid dienone is 1. The number of hydrogen-bond acceptors (Lipinski definition) is 10. The number of esters is 2. The second-order valence-corrected chi connectivity index (χ2v) is 12.8. The van der Waals surface area contributed by atoms with Gasteiger partial charge in [-0.05, 0) is 63.5 Å². The number of aliphatic hydroxyl groups excluding tert-OH is 2. The Morgan fingerprint density at radius 3 is 2.74 bits per heavy atom. The molecule has 0 radical (unpaired) electrons. The molecule has 9 atom stereocenters. The van der Waals surface area contributed by atoms with Crippen LogP contribution in [0.15, 0.2) is 23.1 Å². The van der Waals surface area contributed by atoms with Crippen molar-refractivity contribution in [3.63, 3.8) is 0 Å². The van der Waals surface area contributed by atoms with E-state index in [2.05, 4.69) is 4.98 Å². The third-order valence-corrected chi connectivity index (χ3v) is 10.1. The summed E-state index contributed by atoms with van der Waals surface area (Å²) in [5, 5.41) is 25.4. The molecule has 0 amide bonds. The number of carbonyl (C=O) groups excluding carboxylic acids is 3. The number of rotatable bonds is 2. The molecule has 9 nitrogen and oxygen atoms in total. The quantitative estimate of drug-likeness (QED) is 0.414. The maximum absolute atomic E-state index is 13.6. The van der Waals surface area contributed by atoms with Gasteiger partial charge in [0, 0.05) is 23.8 Å². The van der Waals surface area contributed by atoms with E-state index in [1.54, 1.807) is 19.9 Å². The zero-order valence-electron chi connectivity index (χ0n) is 22.8. The van der Waals surface area contributed by atoms with E-state index in [-0.39, 0.29) is 18.5 Å². The largest absolute Gasteiger partial charge is 0.459 e. The van der Waals surface area contributed by atoms with Gasteiger partial charge in [0.25, 0.3) is 0 Å². The summed E-state index contributed by atoms with van der Waals surface area (Å²) in [7, 11) is 0. The number of aryl methyl sites for hydroxylation is 1. The van der Waals surface area contributed by atoms with Crippen LogP contribution >= 0.6 is 11.3 Å². The molecule has 10 heteroatoms. The average molecular weight is 560 g/mol. The van der Waals surface area contributed by atoms with Crippen molar-refractivity contribution in [3.05, 3.63) is 33.8 Å². The number of thiazole rings is 1. The van der Waals surface area contributed by atoms with Gasteiger partial charge in [0.1, 0.15) is 24.1 Å². The zero-order valence-corrected chi connectivity index (χ0v) is 23.6. The van der Waals surface area contributed by atoms with Crippen LogP contribution in [0.5, 0.6) is 0 Å². The van der Waals surface area contributed by atoms with Crippen molar-refractivity contribution in [2.75, 3.05) is 6.61 Å². The fraction of sp³-hybridized carbons (Fsp3) is 0.655. The van der Waals surface area contributed by atoms with E-state index < -0.39 is 65.4 Å². The van der Waals surface area contributed by atoms with Gasteiger partial charge in [0.15, 0.2) is 0 Å². The van der Waals surface area contributed by atoms with Gasteiger partial charge < -0.3 is 24.4 Å². The van der Waals surface area contributed by atoms with E-state index in [1.807, 2.05) is 25.3 Å². The van der Waals surface area contributed by atoms with E-state index >= 15 is 0 Å². The minimum atomic E-state index is -1.41. The molecule has 3 aliphatic heterocycles. The Bertz CT molecular complexity index is 1210. The lowest BCUT2D eigenvalue weighted by Gasteiger charge is -2.50. The molecule has 1 aromatic rings. The van der Waals surface area contributed by atoms with Gasteiger partial charge in [0.2, 0.25) is 0 Å². The van der Waals surface area contributed by atoms with E-state index in [0.717, 1.165) is 16.3 Å². The second kappa shape index (κ2) is 10.5. The molecule has 1 aromatic heterocycles. The Kier molecular flexibility index (Phi) is 7.60. The number of carbonyl (C=O) groups is 3. The number of hydrogen-bond donors (Lipinski definition) is 2. The van der Waals surface area contributed by atoms with E-state index in [9.17, 15) is 24.6 Å². The van der Waals surface area contributed by atoms with Crippen LogP contribution in [-0.4, -0.2) is 69.5 Å². The molecule has 2 saturated heterocycles. The van der Waals surface area contributed by atoms with Crippen molar-refractivity contribution in [1.29, 1.82) is 0 Å². The third kappa shape index (κ3) is 5.24. The van der Waals surface area contributed by atoms with Gasteiger partial charge in [-0.15, -0.1) is 11.3 Å². The van der Waals surface area contributed by atoms with E-state index in [4.69, 9.17) is 14.2 Å². The van der Waals surface area contributed by atoms with Gasteiger partial charge in [-0.1, -0.05) is 13.0 Å². The maximum atomic E-state index is 13.6. The summed E-state index contributed by atoms with van der Waals surface area (Å²) >= 11 is 1.52. The van der Waals surface area contributed by atoms with Gasteiger partial charge in [-0.3, -0.25) is 9.59 Å². The van der Waals surface area contributed by atoms with Crippen molar-refractivity contribution in [1.82, 2.24) is 4.98 Å². The fourth-order valence-corrected chi connectivity index (χ4v) is 7.35. The van der Waals surface area contributed by atoms with Crippen LogP contribution in [0.25, 0.3) is 6.08 Å². The Morgan fingerprint density at radius 1 is 1.26 bits per heavy atom. The molecule has 1 aliphatic carbocycles. The molecule has 212 valence electrons. The molecule has 5 rings (SSSR count). The first-order chi connectivity index (χ1) is 18.4. The standard InChI is InChI=1S/C29H37NO8S/c1-15(10-18-13-39-17(3)30-18)21-11-23-29(38-23)9-5-6-19-20(7-8-24(32)36-14-29)28(4,22(31)12-25(33)37-21)27(35)16(2)26(19)34/h7-8,10,13,16,19-23,26,31,34H,5-6,9,11-12,14H2,1-4H3/b8-7+,15-10+/t16-,19-,20?,21+,22+,23+,26-,28-,29+/m1/s1. The predicted octanol–water partition coefficient (Wildman–Crippen LogP) is 3.16. The highest BCUT2D eigenvalue weighted by atomic mass is 32.1. The summed E-state index contributed by atoms with van der Waals surface area (Å²) < 4.78 is 17.7. The van der Waals surface area contributed by atoms with Crippen LogP contribution in [0.3, 0.4) is 0 Å². The monoisotopic (exact) mass is 559 g/mol. The molecule has 0 aromatic carbocycles. The number of epoxide rings is 1. The number of nitrogens with zero attached hydrogens (tertiary/aromatic N) is 1. The van der Waals surface area contributed by atoms with Crippen LogP contribution in [0.1, 0.15) is 63.6 Å². The SMILES string of the molecule is C/C(=C\c1csc(C)n1)[C@@H]1C[C@@H]2O[C@]23CCC[C@@H]2C(/C=C/C(=O)OC3)[C@@](C)(C(=O)[C@H](C)[C@H]2O)[C@@H](O)CC(=O)O1. The first-order valence-electron chi connectivity index (χ1n) is 13.7. The lowest BCUT2D eigenvalue weighted by atomic mass is 9.54. The number of cyclic esters (lactones) is 2. The average Bonchev–Trinajstić information content (AvgIpc) is 3.41. The molecule has 4 bridgehead atoms. The van der Waals surface area contributed by atoms with Crippen molar-refractivity contribution in [2.45, 2.75) is 89.8 Å². The summed E-state index contributed by atoms with van der Waals surface area (Å²) in [5.74, 6) is -3.36. The maximum Gasteiger partial charge on any atom is 0.330 e. The highest BCUT2D eigenvalue weighted by molar-refractivity contribution is 7.09. The van der Waals surface area contributed by atoms with Gasteiger partial charge in [0.05, 0.1) is 40.8 Å². The summed E-state index contributed by atoms with van der Waals surface area (Å²) in [6.45, 7) is 7.13. The smallest absolute Gasteiger partial charge is 0.330 e. The van der Waals surface area contributed by atoms with Crippen LogP contribution in [0, 0.1) is 30.1 Å². The van der Waals surface area contributed by atoms with Gasteiger partial charge in [-0.2, -0.15) is 0 Å². The highest BCUT2D eigenvalue weighted by Gasteiger charge is 2.60. The first-order valence-corrected chi connectivity index (χ1v) is 14.6. The Labute approximate surface area is 232 Å². The van der Waals surface area contributed by atoms with Crippen molar-refractivity contribution < 1.29 is 38.8 Å². The number of ether oxygens (including phenoxy) is 3. The normalized spacial score (nSPS) is 42.3. The first kappa shape index (κ1) is 28.1. The summed E-state index contributed by atoms with van der Waals surface area (Å²) in [6, 6.07) is 0. The van der Waals surface area contributed by atoms with Crippen LogP contribution < -0.4 is 0 Å². The molecule has 1 unspecified atom stereocenters. The van der Waals surface area contributed by atoms with Crippen LogP contribution in [0.2, 0.25) is 0 Å². The summed E-state index contributed by atoms with van der Waals surface area (Å²) in [4.78, 5) is 44.1. The Hall–Kier alpha value is -2.40. The Balaban J connectivity index is 1.55. The minimum absolute atomic E-state index is 0.0582. The summed E-state index contributed by atoms with van der Waals surface area (Å²) in [6.07, 6.45) is 3.21. The number of aromatic nitrogens is 1. The molecular formula is C29H37NO8S. The topological polar surface area (TPSA) is 136 Å². The van der Waals surface area contributed by atoms with Gasteiger partial charge >= 0.3 is 11.9 Å². The molecule has 39 heavy (non-hydrogen) atoms.